The highest BCUT2D eigenvalue weighted by Gasteiger charge is 2.03. The van der Waals surface area contributed by atoms with Crippen molar-refractivity contribution in [2.24, 2.45) is 0 Å². The van der Waals surface area contributed by atoms with Gasteiger partial charge in [-0.05, 0) is 42.0 Å². The highest BCUT2D eigenvalue weighted by Crippen LogP contribution is 2.20. The van der Waals surface area contributed by atoms with E-state index in [0.717, 1.165) is 16.2 Å². The van der Waals surface area contributed by atoms with E-state index in [4.69, 9.17) is 4.74 Å². The summed E-state index contributed by atoms with van der Waals surface area (Å²) in [6, 6.07) is 11.4. The molecular formula is C15H16N2O2S. The van der Waals surface area contributed by atoms with Crippen LogP contribution in [0.5, 0.6) is 5.75 Å². The van der Waals surface area contributed by atoms with Gasteiger partial charge in [0.2, 0.25) is 5.91 Å². The van der Waals surface area contributed by atoms with Crippen molar-refractivity contribution < 1.29 is 9.53 Å². The van der Waals surface area contributed by atoms with Crippen molar-refractivity contribution in [2.75, 3.05) is 12.9 Å². The summed E-state index contributed by atoms with van der Waals surface area (Å²) in [5.74, 6) is 1.23. The monoisotopic (exact) mass is 288 g/mol. The van der Waals surface area contributed by atoms with Gasteiger partial charge in [0.1, 0.15) is 5.75 Å². The molecule has 1 N–H and O–H groups in total. The summed E-state index contributed by atoms with van der Waals surface area (Å²) in [7, 11) is 1.63. The van der Waals surface area contributed by atoms with Gasteiger partial charge in [0.25, 0.3) is 0 Å². The maximum absolute atomic E-state index is 11.7. The van der Waals surface area contributed by atoms with E-state index in [-0.39, 0.29) is 5.91 Å². The Morgan fingerprint density at radius 3 is 2.55 bits per heavy atom. The lowest BCUT2D eigenvalue weighted by molar-refractivity contribution is -0.118. The van der Waals surface area contributed by atoms with Crippen molar-refractivity contribution in [1.82, 2.24) is 10.3 Å². The number of pyridine rings is 1. The van der Waals surface area contributed by atoms with Crippen molar-refractivity contribution in [3.63, 3.8) is 0 Å². The van der Waals surface area contributed by atoms with Crippen molar-refractivity contribution in [3.05, 3.63) is 54.4 Å². The molecule has 0 bridgehead atoms. The Bertz CT molecular complexity index is 544. The average Bonchev–Trinajstić information content (AvgIpc) is 2.52. The fourth-order valence-electron chi connectivity index (χ4n) is 1.57. The number of thioether (sulfide) groups is 1. The van der Waals surface area contributed by atoms with Crippen LogP contribution in [0, 0.1) is 0 Å². The first-order chi connectivity index (χ1) is 9.78. The summed E-state index contributed by atoms with van der Waals surface area (Å²) in [5, 5.41) is 2.88. The summed E-state index contributed by atoms with van der Waals surface area (Å²) in [6.07, 6.45) is 3.43. The van der Waals surface area contributed by atoms with Crippen molar-refractivity contribution in [1.29, 1.82) is 0 Å². The molecular weight excluding hydrogens is 272 g/mol. The molecule has 4 nitrogen and oxygen atoms in total. The molecule has 0 aliphatic rings. The van der Waals surface area contributed by atoms with Gasteiger partial charge in [-0.25, -0.2) is 0 Å². The lowest BCUT2D eigenvalue weighted by atomic mass is 10.3. The largest absolute Gasteiger partial charge is 0.497 e. The number of hydrogen-bond donors (Lipinski definition) is 1. The molecule has 2 rings (SSSR count). The predicted molar refractivity (Wildman–Crippen MR) is 79.8 cm³/mol. The molecule has 0 fully saturated rings. The van der Waals surface area contributed by atoms with Crippen LogP contribution in [0.2, 0.25) is 0 Å². The molecule has 104 valence electrons. The van der Waals surface area contributed by atoms with Gasteiger partial charge in [0.15, 0.2) is 0 Å². The molecule has 0 saturated carbocycles. The third-order valence-corrected chi connectivity index (χ3v) is 3.68. The molecule has 0 aliphatic heterocycles. The van der Waals surface area contributed by atoms with Crippen LogP contribution in [-0.2, 0) is 11.3 Å². The SMILES string of the molecule is COc1ccc(SCC(=O)NCc2ccncc2)cc1. The van der Waals surface area contributed by atoms with Gasteiger partial charge in [0.05, 0.1) is 12.9 Å². The summed E-state index contributed by atoms with van der Waals surface area (Å²) in [5.41, 5.74) is 1.04. The second-order valence-corrected chi connectivity index (χ2v) is 5.15. The second-order valence-electron chi connectivity index (χ2n) is 4.10. The first-order valence-electron chi connectivity index (χ1n) is 6.20. The maximum Gasteiger partial charge on any atom is 0.230 e. The van der Waals surface area contributed by atoms with E-state index >= 15 is 0 Å². The second kappa shape index (κ2) is 7.55. The molecule has 20 heavy (non-hydrogen) atoms. The van der Waals surface area contributed by atoms with E-state index in [0.29, 0.717) is 12.3 Å². The first kappa shape index (κ1) is 14.4. The maximum atomic E-state index is 11.7. The lowest BCUT2D eigenvalue weighted by Crippen LogP contribution is -2.24. The van der Waals surface area contributed by atoms with Gasteiger partial charge in [-0.15, -0.1) is 11.8 Å². The number of benzene rings is 1. The number of nitrogens with zero attached hydrogens (tertiary/aromatic N) is 1. The number of hydrogen-bond acceptors (Lipinski definition) is 4. The van der Waals surface area contributed by atoms with Crippen LogP contribution in [-0.4, -0.2) is 23.8 Å². The van der Waals surface area contributed by atoms with Crippen molar-refractivity contribution >= 4 is 17.7 Å². The van der Waals surface area contributed by atoms with Gasteiger partial charge in [-0.1, -0.05) is 0 Å². The topological polar surface area (TPSA) is 51.2 Å². The van der Waals surface area contributed by atoms with Crippen LogP contribution < -0.4 is 10.1 Å². The quantitative estimate of drug-likeness (QED) is 0.830. The van der Waals surface area contributed by atoms with Crippen LogP contribution in [0.4, 0.5) is 0 Å². The third-order valence-electron chi connectivity index (χ3n) is 2.67. The van der Waals surface area contributed by atoms with Gasteiger partial charge in [-0.2, -0.15) is 0 Å². The summed E-state index contributed by atoms with van der Waals surface area (Å²) in [4.78, 5) is 16.7. The highest BCUT2D eigenvalue weighted by atomic mass is 32.2. The molecule has 0 radical (unpaired) electrons. The number of ether oxygens (including phenoxy) is 1. The Balaban J connectivity index is 1.74. The molecule has 0 saturated heterocycles. The van der Waals surface area contributed by atoms with Gasteiger partial charge in [-0.3, -0.25) is 9.78 Å². The number of rotatable bonds is 6. The predicted octanol–water partition coefficient (Wildman–Crippen LogP) is 2.50. The number of nitrogens with one attached hydrogen (secondary N) is 1. The standard InChI is InChI=1S/C15H16N2O2S/c1-19-13-2-4-14(5-3-13)20-11-15(18)17-10-12-6-8-16-9-7-12/h2-9H,10-11H2,1H3,(H,17,18). The lowest BCUT2D eigenvalue weighted by Gasteiger charge is -2.05. The zero-order valence-electron chi connectivity index (χ0n) is 11.2. The molecule has 0 aliphatic carbocycles. The number of amides is 1. The van der Waals surface area contributed by atoms with Crippen LogP contribution >= 0.6 is 11.8 Å². The van der Waals surface area contributed by atoms with Crippen LogP contribution in [0.15, 0.2) is 53.7 Å². The summed E-state index contributed by atoms with van der Waals surface area (Å²) >= 11 is 1.50. The van der Waals surface area contributed by atoms with E-state index in [9.17, 15) is 4.79 Å². The number of aromatic nitrogens is 1. The average molecular weight is 288 g/mol. The number of methoxy groups -OCH3 is 1. The number of carbonyl (C=O) groups is 1. The minimum absolute atomic E-state index is 0.0163. The van der Waals surface area contributed by atoms with Crippen molar-refractivity contribution in [2.45, 2.75) is 11.4 Å². The minimum Gasteiger partial charge on any atom is -0.497 e. The third kappa shape index (κ3) is 4.59. The van der Waals surface area contributed by atoms with E-state index in [2.05, 4.69) is 10.3 Å². The molecule has 1 amide bonds. The number of carbonyl (C=O) groups excluding carboxylic acids is 1. The Hall–Kier alpha value is -2.01. The summed E-state index contributed by atoms with van der Waals surface area (Å²) in [6.45, 7) is 0.532. The molecule has 2 aromatic rings. The molecule has 1 aromatic carbocycles. The first-order valence-corrected chi connectivity index (χ1v) is 7.19. The Kier molecular flexibility index (Phi) is 5.43. The molecule has 0 atom stereocenters. The van der Waals surface area contributed by atoms with E-state index in [1.54, 1.807) is 19.5 Å². The molecule has 1 heterocycles. The van der Waals surface area contributed by atoms with E-state index in [1.165, 1.54) is 11.8 Å². The fourth-order valence-corrected chi connectivity index (χ4v) is 2.30. The Labute approximate surface area is 122 Å². The Morgan fingerprint density at radius 1 is 1.20 bits per heavy atom. The van der Waals surface area contributed by atoms with Crippen LogP contribution in [0.25, 0.3) is 0 Å². The van der Waals surface area contributed by atoms with Gasteiger partial charge >= 0.3 is 0 Å². The zero-order chi connectivity index (χ0) is 14.2. The molecule has 1 aromatic heterocycles. The normalized spacial score (nSPS) is 10.1. The fraction of sp³-hybridized carbons (Fsp3) is 0.200. The van der Waals surface area contributed by atoms with E-state index < -0.39 is 0 Å². The van der Waals surface area contributed by atoms with E-state index in [1.807, 2.05) is 36.4 Å². The van der Waals surface area contributed by atoms with Gasteiger partial charge in [0, 0.05) is 23.8 Å². The van der Waals surface area contributed by atoms with Gasteiger partial charge < -0.3 is 10.1 Å². The minimum atomic E-state index is 0.0163. The highest BCUT2D eigenvalue weighted by molar-refractivity contribution is 8.00. The Morgan fingerprint density at radius 2 is 1.90 bits per heavy atom. The molecule has 5 heteroatoms. The van der Waals surface area contributed by atoms with Crippen molar-refractivity contribution in [3.8, 4) is 5.75 Å². The van der Waals surface area contributed by atoms with Crippen LogP contribution in [0.3, 0.4) is 0 Å². The van der Waals surface area contributed by atoms with Crippen LogP contribution in [0.1, 0.15) is 5.56 Å². The zero-order valence-corrected chi connectivity index (χ0v) is 12.0. The molecule has 0 spiro atoms. The molecule has 0 unspecified atom stereocenters. The smallest absolute Gasteiger partial charge is 0.230 e. The summed E-state index contributed by atoms with van der Waals surface area (Å²) < 4.78 is 5.09.